The number of amides is 2. The Morgan fingerprint density at radius 1 is 0.938 bits per heavy atom. The second-order valence-electron chi connectivity index (χ2n) is 7.11. The summed E-state index contributed by atoms with van der Waals surface area (Å²) < 4.78 is 40.9. The van der Waals surface area contributed by atoms with Crippen molar-refractivity contribution in [3.8, 4) is 0 Å². The van der Waals surface area contributed by atoms with Gasteiger partial charge in [-0.15, -0.1) is 0 Å². The lowest BCUT2D eigenvalue weighted by Gasteiger charge is -2.16. The number of rotatable bonds is 7. The second-order valence-corrected chi connectivity index (χ2v) is 8.79. The molecule has 0 aliphatic carbocycles. The number of carbonyl (C=O) groups excluding carboxylic acids is 2. The van der Waals surface area contributed by atoms with Crippen molar-refractivity contribution in [2.45, 2.75) is 24.8 Å². The van der Waals surface area contributed by atoms with Crippen LogP contribution in [0, 0.1) is 5.82 Å². The number of halogens is 1. The number of sulfonamides is 1. The number of benzene rings is 3. The van der Waals surface area contributed by atoms with E-state index in [1.807, 2.05) is 6.07 Å². The van der Waals surface area contributed by atoms with Gasteiger partial charge in [0.2, 0.25) is 5.91 Å². The standard InChI is InChI=1S/C23H22FN3O4S/c1-15(18-6-5-7-19(14-18)26-16(2)28)25-23(29)17-10-12-20(13-11-17)32(30,31)27-22-9-4-3-8-21(22)24/h3-15,27H,1-2H3,(H,25,29)(H,26,28). The molecule has 3 N–H and O–H groups in total. The van der Waals surface area contributed by atoms with E-state index in [2.05, 4.69) is 15.4 Å². The molecule has 0 saturated heterocycles. The molecule has 9 heteroatoms. The predicted octanol–water partition coefficient (Wildman–Crippen LogP) is 4.08. The third-order valence-electron chi connectivity index (χ3n) is 4.60. The number of hydrogen-bond acceptors (Lipinski definition) is 4. The fraction of sp³-hybridized carbons (Fsp3) is 0.130. The summed E-state index contributed by atoms with van der Waals surface area (Å²) in [6, 6.07) is 17.5. The number of nitrogens with one attached hydrogen (secondary N) is 3. The first-order valence-electron chi connectivity index (χ1n) is 9.71. The van der Waals surface area contributed by atoms with Crippen LogP contribution in [0.2, 0.25) is 0 Å². The number of carbonyl (C=O) groups is 2. The second kappa shape index (κ2) is 9.61. The van der Waals surface area contributed by atoms with E-state index in [0.29, 0.717) is 5.69 Å². The van der Waals surface area contributed by atoms with Crippen molar-refractivity contribution in [3.05, 3.63) is 89.7 Å². The molecule has 0 heterocycles. The van der Waals surface area contributed by atoms with Crippen LogP contribution >= 0.6 is 0 Å². The molecule has 166 valence electrons. The zero-order valence-electron chi connectivity index (χ0n) is 17.4. The van der Waals surface area contributed by atoms with Crippen molar-refractivity contribution in [1.29, 1.82) is 0 Å². The first kappa shape index (κ1) is 23.0. The maximum atomic E-state index is 13.8. The highest BCUT2D eigenvalue weighted by Gasteiger charge is 2.18. The molecule has 1 atom stereocenters. The maximum absolute atomic E-state index is 13.8. The zero-order chi connectivity index (χ0) is 23.3. The summed E-state index contributed by atoms with van der Waals surface area (Å²) in [4.78, 5) is 23.7. The molecular formula is C23H22FN3O4S. The molecule has 0 spiro atoms. The van der Waals surface area contributed by atoms with E-state index >= 15 is 0 Å². The molecule has 32 heavy (non-hydrogen) atoms. The van der Waals surface area contributed by atoms with Crippen molar-refractivity contribution in [3.63, 3.8) is 0 Å². The highest BCUT2D eigenvalue weighted by atomic mass is 32.2. The van der Waals surface area contributed by atoms with E-state index in [9.17, 15) is 22.4 Å². The molecule has 0 saturated carbocycles. The first-order valence-corrected chi connectivity index (χ1v) is 11.2. The monoisotopic (exact) mass is 455 g/mol. The normalized spacial score (nSPS) is 12.0. The average molecular weight is 456 g/mol. The predicted molar refractivity (Wildman–Crippen MR) is 120 cm³/mol. The Kier molecular flexibility index (Phi) is 6.89. The third-order valence-corrected chi connectivity index (χ3v) is 5.98. The Hall–Kier alpha value is -3.72. The molecule has 0 aliphatic rings. The van der Waals surface area contributed by atoms with Crippen LogP contribution in [0.3, 0.4) is 0 Å². The molecule has 3 aromatic carbocycles. The van der Waals surface area contributed by atoms with Gasteiger partial charge in [-0.1, -0.05) is 24.3 Å². The van der Waals surface area contributed by atoms with Crippen molar-refractivity contribution in [2.75, 3.05) is 10.0 Å². The Morgan fingerprint density at radius 2 is 1.62 bits per heavy atom. The molecule has 0 aromatic heterocycles. The van der Waals surface area contributed by atoms with Gasteiger partial charge in [-0.3, -0.25) is 14.3 Å². The van der Waals surface area contributed by atoms with Crippen molar-refractivity contribution >= 4 is 33.2 Å². The van der Waals surface area contributed by atoms with Crippen LogP contribution in [0.5, 0.6) is 0 Å². The zero-order valence-corrected chi connectivity index (χ0v) is 18.2. The summed E-state index contributed by atoms with van der Waals surface area (Å²) in [5, 5.41) is 5.52. The van der Waals surface area contributed by atoms with Gasteiger partial charge in [0, 0.05) is 18.2 Å². The highest BCUT2D eigenvalue weighted by Crippen LogP contribution is 2.21. The SMILES string of the molecule is CC(=O)Nc1cccc(C(C)NC(=O)c2ccc(S(=O)(=O)Nc3ccccc3F)cc2)c1. The minimum atomic E-state index is -4.02. The van der Waals surface area contributed by atoms with Gasteiger partial charge in [0.15, 0.2) is 0 Å². The minimum absolute atomic E-state index is 0.103. The molecule has 3 aromatic rings. The fourth-order valence-electron chi connectivity index (χ4n) is 2.99. The Bertz CT molecular complexity index is 1240. The van der Waals surface area contributed by atoms with Gasteiger partial charge in [-0.25, -0.2) is 12.8 Å². The van der Waals surface area contributed by atoms with Gasteiger partial charge in [-0.2, -0.15) is 0 Å². The van der Waals surface area contributed by atoms with E-state index < -0.39 is 21.7 Å². The van der Waals surface area contributed by atoms with Crippen LogP contribution in [-0.4, -0.2) is 20.2 Å². The van der Waals surface area contributed by atoms with E-state index in [0.717, 1.165) is 11.6 Å². The molecule has 0 radical (unpaired) electrons. The molecule has 2 amide bonds. The van der Waals surface area contributed by atoms with E-state index in [4.69, 9.17) is 0 Å². The van der Waals surface area contributed by atoms with Gasteiger partial charge >= 0.3 is 0 Å². The summed E-state index contributed by atoms with van der Waals surface area (Å²) in [5.74, 6) is -1.28. The van der Waals surface area contributed by atoms with Gasteiger partial charge < -0.3 is 10.6 Å². The lowest BCUT2D eigenvalue weighted by atomic mass is 10.1. The van der Waals surface area contributed by atoms with Gasteiger partial charge in [0.05, 0.1) is 16.6 Å². The lowest BCUT2D eigenvalue weighted by Crippen LogP contribution is -2.26. The number of hydrogen-bond donors (Lipinski definition) is 3. The molecule has 0 fully saturated rings. The van der Waals surface area contributed by atoms with E-state index in [1.54, 1.807) is 25.1 Å². The Labute approximate surface area is 185 Å². The van der Waals surface area contributed by atoms with Crippen LogP contribution in [-0.2, 0) is 14.8 Å². The van der Waals surface area contributed by atoms with Crippen LogP contribution in [0.1, 0.15) is 35.8 Å². The van der Waals surface area contributed by atoms with Crippen LogP contribution < -0.4 is 15.4 Å². The van der Waals surface area contributed by atoms with Crippen LogP contribution in [0.15, 0.2) is 77.7 Å². The summed E-state index contributed by atoms with van der Waals surface area (Å²) in [6.07, 6.45) is 0. The number of anilines is 2. The Morgan fingerprint density at radius 3 is 2.28 bits per heavy atom. The smallest absolute Gasteiger partial charge is 0.261 e. The molecule has 0 bridgehead atoms. The van der Waals surface area contributed by atoms with Gasteiger partial charge in [-0.05, 0) is 61.0 Å². The first-order chi connectivity index (χ1) is 15.2. The van der Waals surface area contributed by atoms with Crippen molar-refractivity contribution in [1.82, 2.24) is 5.32 Å². The summed E-state index contributed by atoms with van der Waals surface area (Å²) in [5.41, 5.74) is 1.51. The third kappa shape index (κ3) is 5.70. The fourth-order valence-corrected chi connectivity index (χ4v) is 4.05. The topological polar surface area (TPSA) is 104 Å². The summed E-state index contributed by atoms with van der Waals surface area (Å²) in [7, 11) is -4.02. The average Bonchev–Trinajstić information content (AvgIpc) is 2.75. The largest absolute Gasteiger partial charge is 0.346 e. The molecular weight excluding hydrogens is 433 g/mol. The summed E-state index contributed by atoms with van der Waals surface area (Å²) >= 11 is 0. The Balaban J connectivity index is 1.70. The minimum Gasteiger partial charge on any atom is -0.346 e. The molecule has 0 aliphatic heterocycles. The molecule has 3 rings (SSSR count). The van der Waals surface area contributed by atoms with Gasteiger partial charge in [0.1, 0.15) is 5.82 Å². The highest BCUT2D eigenvalue weighted by molar-refractivity contribution is 7.92. The van der Waals surface area contributed by atoms with E-state index in [-0.39, 0.29) is 28.1 Å². The lowest BCUT2D eigenvalue weighted by molar-refractivity contribution is -0.114. The van der Waals surface area contributed by atoms with E-state index in [1.165, 1.54) is 49.4 Å². The van der Waals surface area contributed by atoms with Gasteiger partial charge in [0.25, 0.3) is 15.9 Å². The molecule has 7 nitrogen and oxygen atoms in total. The maximum Gasteiger partial charge on any atom is 0.261 e. The van der Waals surface area contributed by atoms with Crippen molar-refractivity contribution < 1.29 is 22.4 Å². The molecule has 1 unspecified atom stereocenters. The van der Waals surface area contributed by atoms with Crippen LogP contribution in [0.25, 0.3) is 0 Å². The summed E-state index contributed by atoms with van der Waals surface area (Å²) in [6.45, 7) is 3.20. The van der Waals surface area contributed by atoms with Crippen LogP contribution in [0.4, 0.5) is 15.8 Å². The quantitative estimate of drug-likeness (QED) is 0.499. The van der Waals surface area contributed by atoms with Crippen molar-refractivity contribution in [2.24, 2.45) is 0 Å². The number of para-hydroxylation sites is 1.